The molecule has 64 valence electrons. The molecule has 0 aromatic heterocycles. The van der Waals surface area contributed by atoms with E-state index in [-0.39, 0.29) is 11.4 Å². The Kier molecular flexibility index (Phi) is 2.49. The number of phenols is 1. The van der Waals surface area contributed by atoms with E-state index in [0.29, 0.717) is 0 Å². The van der Waals surface area contributed by atoms with Crippen molar-refractivity contribution >= 4 is 11.8 Å². The van der Waals surface area contributed by atoms with Gasteiger partial charge in [0.15, 0.2) is 0 Å². The molecule has 0 spiro atoms. The molecule has 0 atom stereocenters. The topological polar surface area (TPSA) is 84.6 Å². The molecule has 1 aromatic rings. The van der Waals surface area contributed by atoms with Gasteiger partial charge in [0.05, 0.1) is 5.69 Å². The molecular formula is C7H8N2O3. The predicted molar refractivity (Wildman–Crippen MR) is 42.4 cm³/mol. The average molecular weight is 168 g/mol. The highest BCUT2D eigenvalue weighted by atomic mass is 16.7. The third-order valence-electron chi connectivity index (χ3n) is 1.25. The number of nitrogens with two attached hydrogens (primary N) is 1. The van der Waals surface area contributed by atoms with Crippen molar-refractivity contribution in [1.29, 1.82) is 0 Å². The van der Waals surface area contributed by atoms with Crippen molar-refractivity contribution < 1.29 is 14.7 Å². The highest BCUT2D eigenvalue weighted by Gasteiger charge is 2.03. The van der Waals surface area contributed by atoms with Gasteiger partial charge in [0.25, 0.3) is 0 Å². The van der Waals surface area contributed by atoms with Gasteiger partial charge in [-0.05, 0) is 12.1 Å². The zero-order valence-corrected chi connectivity index (χ0v) is 6.15. The number of hydrogen-bond donors (Lipinski definition) is 3. The number of carbonyl (C=O) groups is 1. The summed E-state index contributed by atoms with van der Waals surface area (Å²) in [5.41, 5.74) is 0.257. The van der Waals surface area contributed by atoms with Gasteiger partial charge >= 0.3 is 6.09 Å². The van der Waals surface area contributed by atoms with E-state index in [9.17, 15) is 4.79 Å². The summed E-state index contributed by atoms with van der Waals surface area (Å²) in [7, 11) is 0. The summed E-state index contributed by atoms with van der Waals surface area (Å²) in [6, 6.07) is 6.25. The number of aromatic hydroxyl groups is 1. The molecule has 0 aliphatic heterocycles. The first-order valence-electron chi connectivity index (χ1n) is 3.19. The van der Waals surface area contributed by atoms with E-state index in [1.54, 1.807) is 12.1 Å². The summed E-state index contributed by atoms with van der Waals surface area (Å²) in [6.45, 7) is 0. The van der Waals surface area contributed by atoms with Crippen LogP contribution in [0.2, 0.25) is 0 Å². The number of nitrogens with one attached hydrogen (secondary N) is 1. The van der Waals surface area contributed by atoms with E-state index in [0.717, 1.165) is 0 Å². The van der Waals surface area contributed by atoms with Gasteiger partial charge in [-0.3, -0.25) is 5.32 Å². The maximum atomic E-state index is 10.6. The summed E-state index contributed by atoms with van der Waals surface area (Å²) in [6.07, 6.45) is -0.823. The Morgan fingerprint density at radius 1 is 1.50 bits per heavy atom. The third kappa shape index (κ3) is 1.86. The molecule has 5 nitrogen and oxygen atoms in total. The molecule has 1 rings (SSSR count). The second kappa shape index (κ2) is 3.59. The number of para-hydroxylation sites is 2. The second-order valence-corrected chi connectivity index (χ2v) is 2.05. The summed E-state index contributed by atoms with van der Waals surface area (Å²) >= 11 is 0. The van der Waals surface area contributed by atoms with Crippen molar-refractivity contribution in [2.75, 3.05) is 5.32 Å². The number of rotatable bonds is 1. The van der Waals surface area contributed by atoms with E-state index in [1.807, 2.05) is 0 Å². The van der Waals surface area contributed by atoms with Crippen LogP contribution in [0.5, 0.6) is 5.75 Å². The van der Waals surface area contributed by atoms with Crippen LogP contribution >= 0.6 is 0 Å². The van der Waals surface area contributed by atoms with E-state index in [2.05, 4.69) is 16.1 Å². The Morgan fingerprint density at radius 3 is 2.75 bits per heavy atom. The predicted octanol–water partition coefficient (Wildman–Crippen LogP) is 0.814. The molecule has 1 aromatic carbocycles. The van der Waals surface area contributed by atoms with Crippen molar-refractivity contribution in [3.05, 3.63) is 24.3 Å². The zero-order chi connectivity index (χ0) is 8.97. The van der Waals surface area contributed by atoms with Crippen LogP contribution in [-0.2, 0) is 4.84 Å². The molecule has 0 aliphatic rings. The van der Waals surface area contributed by atoms with Crippen LogP contribution in [0.1, 0.15) is 0 Å². The van der Waals surface area contributed by atoms with Crippen molar-refractivity contribution in [2.24, 2.45) is 5.90 Å². The number of benzene rings is 1. The van der Waals surface area contributed by atoms with Gasteiger partial charge in [0.1, 0.15) is 5.75 Å². The summed E-state index contributed by atoms with van der Waals surface area (Å²) < 4.78 is 0. The molecule has 4 N–H and O–H groups in total. The summed E-state index contributed by atoms with van der Waals surface area (Å²) in [5, 5.41) is 11.4. The minimum absolute atomic E-state index is 0.0390. The smallest absolute Gasteiger partial charge is 0.430 e. The normalized spacial score (nSPS) is 9.08. The third-order valence-corrected chi connectivity index (χ3v) is 1.25. The number of amides is 1. The maximum absolute atomic E-state index is 10.6. The Hall–Kier alpha value is -1.75. The molecule has 0 bridgehead atoms. The lowest BCUT2D eigenvalue weighted by molar-refractivity contribution is 0.163. The number of anilines is 1. The van der Waals surface area contributed by atoms with Crippen LogP contribution in [0.25, 0.3) is 0 Å². The lowest BCUT2D eigenvalue weighted by Gasteiger charge is -2.03. The Labute approximate surface area is 68.7 Å². The van der Waals surface area contributed by atoms with Gasteiger partial charge in [0, 0.05) is 0 Å². The highest BCUT2D eigenvalue weighted by Crippen LogP contribution is 2.21. The molecule has 1 amide bonds. The quantitative estimate of drug-likeness (QED) is 0.428. The fraction of sp³-hybridized carbons (Fsp3) is 0. The van der Waals surface area contributed by atoms with Crippen molar-refractivity contribution in [3.8, 4) is 5.75 Å². The monoisotopic (exact) mass is 168 g/mol. The molecule has 0 saturated heterocycles. The Morgan fingerprint density at radius 2 is 2.17 bits per heavy atom. The molecule has 0 saturated carbocycles. The van der Waals surface area contributed by atoms with E-state index < -0.39 is 6.09 Å². The van der Waals surface area contributed by atoms with Gasteiger partial charge in [-0.25, -0.2) is 4.79 Å². The molecule has 0 fully saturated rings. The Bertz CT molecular complexity index is 288. The fourth-order valence-electron chi connectivity index (χ4n) is 0.719. The van der Waals surface area contributed by atoms with E-state index in [4.69, 9.17) is 5.11 Å². The zero-order valence-electron chi connectivity index (χ0n) is 6.15. The van der Waals surface area contributed by atoms with Crippen molar-refractivity contribution in [2.45, 2.75) is 0 Å². The standard InChI is InChI=1S/C7H8N2O3/c8-12-7(11)9-5-3-1-2-4-6(5)10/h1-4,10H,8H2,(H,9,11). The van der Waals surface area contributed by atoms with Crippen LogP contribution < -0.4 is 11.2 Å². The lowest BCUT2D eigenvalue weighted by Crippen LogP contribution is -2.17. The molecule has 0 aliphatic carbocycles. The molecular weight excluding hydrogens is 160 g/mol. The minimum atomic E-state index is -0.823. The first-order chi connectivity index (χ1) is 5.74. The Balaban J connectivity index is 2.75. The first kappa shape index (κ1) is 8.35. The van der Waals surface area contributed by atoms with Gasteiger partial charge in [0.2, 0.25) is 0 Å². The van der Waals surface area contributed by atoms with Gasteiger partial charge in [-0.15, -0.1) is 0 Å². The van der Waals surface area contributed by atoms with E-state index >= 15 is 0 Å². The molecule has 5 heteroatoms. The van der Waals surface area contributed by atoms with Crippen molar-refractivity contribution in [3.63, 3.8) is 0 Å². The molecule has 0 heterocycles. The van der Waals surface area contributed by atoms with Gasteiger partial charge in [-0.1, -0.05) is 12.1 Å². The van der Waals surface area contributed by atoms with Gasteiger partial charge in [-0.2, -0.15) is 5.90 Å². The molecule has 0 unspecified atom stereocenters. The van der Waals surface area contributed by atoms with Crippen LogP contribution in [0.15, 0.2) is 24.3 Å². The SMILES string of the molecule is NOC(=O)Nc1ccccc1O. The largest absolute Gasteiger partial charge is 0.506 e. The maximum Gasteiger partial charge on any atom is 0.430 e. The van der Waals surface area contributed by atoms with Crippen LogP contribution in [0, 0.1) is 0 Å². The van der Waals surface area contributed by atoms with Crippen LogP contribution in [0.4, 0.5) is 10.5 Å². The number of carbonyl (C=O) groups excluding carboxylic acids is 1. The van der Waals surface area contributed by atoms with Gasteiger partial charge < -0.3 is 9.94 Å². The minimum Gasteiger partial charge on any atom is -0.506 e. The highest BCUT2D eigenvalue weighted by molar-refractivity contribution is 5.86. The molecule has 0 radical (unpaired) electrons. The number of phenolic OH excluding ortho intramolecular Hbond substituents is 1. The fourth-order valence-corrected chi connectivity index (χ4v) is 0.719. The molecule has 12 heavy (non-hydrogen) atoms. The number of hydrogen-bond acceptors (Lipinski definition) is 4. The van der Waals surface area contributed by atoms with Crippen LogP contribution in [-0.4, -0.2) is 11.2 Å². The van der Waals surface area contributed by atoms with E-state index in [1.165, 1.54) is 12.1 Å². The summed E-state index contributed by atoms with van der Waals surface area (Å²) in [5.74, 6) is 4.54. The lowest BCUT2D eigenvalue weighted by atomic mass is 10.3. The van der Waals surface area contributed by atoms with Crippen molar-refractivity contribution in [1.82, 2.24) is 0 Å². The summed E-state index contributed by atoms with van der Waals surface area (Å²) in [4.78, 5) is 14.4. The average Bonchev–Trinajstić information content (AvgIpc) is 2.09. The van der Waals surface area contributed by atoms with Crippen LogP contribution in [0.3, 0.4) is 0 Å². The first-order valence-corrected chi connectivity index (χ1v) is 3.19. The second-order valence-electron chi connectivity index (χ2n) is 2.05.